The Labute approximate surface area is 177 Å². The fourth-order valence-corrected chi connectivity index (χ4v) is 4.41. The molecule has 1 aromatic heterocycles. The van der Waals surface area contributed by atoms with Gasteiger partial charge in [0.25, 0.3) is 0 Å². The van der Waals surface area contributed by atoms with Crippen LogP contribution in [0.2, 0.25) is 0 Å². The molecule has 0 saturated carbocycles. The number of nitrogens with zero attached hydrogens (tertiary/aromatic N) is 4. The first kappa shape index (κ1) is 21.9. The minimum Gasteiger partial charge on any atom is -0.483 e. The zero-order valence-electron chi connectivity index (χ0n) is 17.7. The maximum absolute atomic E-state index is 13.9. The SMILES string of the molecule is COC[C@H](C)n1c(COc2ccccc2F)nn(CN2[C@@H](C)CCC[C@@H]2C)c1=S. The lowest BCUT2D eigenvalue weighted by molar-refractivity contribution is 0.0630. The van der Waals surface area contributed by atoms with Crippen molar-refractivity contribution in [3.8, 4) is 5.75 Å². The number of ether oxygens (including phenoxy) is 2. The number of hydrogen-bond acceptors (Lipinski definition) is 5. The van der Waals surface area contributed by atoms with Crippen molar-refractivity contribution in [2.75, 3.05) is 13.7 Å². The van der Waals surface area contributed by atoms with Gasteiger partial charge in [0, 0.05) is 19.2 Å². The molecule has 0 radical (unpaired) electrons. The lowest BCUT2D eigenvalue weighted by Gasteiger charge is -2.38. The van der Waals surface area contributed by atoms with Crippen molar-refractivity contribution in [2.24, 2.45) is 0 Å². The third-order valence-electron chi connectivity index (χ3n) is 5.66. The molecule has 0 unspecified atom stereocenters. The zero-order valence-corrected chi connectivity index (χ0v) is 18.5. The predicted molar refractivity (Wildman–Crippen MR) is 113 cm³/mol. The first-order valence-corrected chi connectivity index (χ1v) is 10.6. The first-order valence-electron chi connectivity index (χ1n) is 10.2. The van der Waals surface area contributed by atoms with Gasteiger partial charge in [-0.15, -0.1) is 0 Å². The molecule has 8 heteroatoms. The highest BCUT2D eigenvalue weighted by Crippen LogP contribution is 2.24. The largest absolute Gasteiger partial charge is 0.483 e. The van der Waals surface area contributed by atoms with Gasteiger partial charge < -0.3 is 9.47 Å². The summed E-state index contributed by atoms with van der Waals surface area (Å²) in [5.74, 6) is 0.482. The minimum absolute atomic E-state index is 0.00308. The summed E-state index contributed by atoms with van der Waals surface area (Å²) in [6, 6.07) is 7.35. The van der Waals surface area contributed by atoms with Crippen molar-refractivity contribution in [1.29, 1.82) is 0 Å². The third-order valence-corrected chi connectivity index (χ3v) is 6.06. The molecule has 0 spiro atoms. The number of halogens is 1. The summed E-state index contributed by atoms with van der Waals surface area (Å²) in [5, 5.41) is 4.75. The van der Waals surface area contributed by atoms with Crippen LogP contribution < -0.4 is 4.74 Å². The van der Waals surface area contributed by atoms with Crippen LogP contribution in [0.25, 0.3) is 0 Å². The average molecular weight is 423 g/mol. The van der Waals surface area contributed by atoms with E-state index < -0.39 is 5.82 Å². The Kier molecular flexibility index (Phi) is 7.43. The normalized spacial score (nSPS) is 21.3. The predicted octanol–water partition coefficient (Wildman–Crippen LogP) is 4.56. The highest BCUT2D eigenvalue weighted by molar-refractivity contribution is 7.71. The van der Waals surface area contributed by atoms with Gasteiger partial charge in [-0.05, 0) is 58.0 Å². The summed E-state index contributed by atoms with van der Waals surface area (Å²) in [7, 11) is 1.66. The van der Waals surface area contributed by atoms with E-state index in [1.165, 1.54) is 25.3 Å². The van der Waals surface area contributed by atoms with Gasteiger partial charge in [-0.1, -0.05) is 18.6 Å². The molecule has 1 saturated heterocycles. The van der Waals surface area contributed by atoms with E-state index in [0.29, 0.717) is 36.0 Å². The fraction of sp³-hybridized carbons (Fsp3) is 0.619. The number of piperidine rings is 1. The van der Waals surface area contributed by atoms with Gasteiger partial charge >= 0.3 is 0 Å². The summed E-state index contributed by atoms with van der Waals surface area (Å²) < 4.78 is 29.4. The second-order valence-corrected chi connectivity index (χ2v) is 8.24. The quantitative estimate of drug-likeness (QED) is 0.584. The Morgan fingerprint density at radius 1 is 1.24 bits per heavy atom. The van der Waals surface area contributed by atoms with Crippen LogP contribution in [0.15, 0.2) is 24.3 Å². The van der Waals surface area contributed by atoms with Gasteiger partial charge in [-0.25, -0.2) is 9.07 Å². The van der Waals surface area contributed by atoms with E-state index >= 15 is 0 Å². The Balaban J connectivity index is 1.87. The second kappa shape index (κ2) is 9.82. The molecule has 3 rings (SSSR count). The number of para-hydroxylation sites is 1. The summed E-state index contributed by atoms with van der Waals surface area (Å²) in [5.41, 5.74) is 0. The number of rotatable bonds is 8. The maximum Gasteiger partial charge on any atom is 0.199 e. The molecule has 1 aromatic carbocycles. The van der Waals surface area contributed by atoms with E-state index in [2.05, 4.69) is 18.7 Å². The standard InChI is InChI=1S/C21H31FN4O2S/c1-15-8-7-9-16(2)24(15)14-25-21(29)26(17(3)12-27-4)20(23-25)13-28-19-11-6-5-10-18(19)22/h5-6,10-11,15-17H,7-9,12-14H2,1-4H3/t15-,16-,17-/m0/s1. The number of methoxy groups -OCH3 is 1. The molecule has 29 heavy (non-hydrogen) atoms. The number of likely N-dealkylation sites (tertiary alicyclic amines) is 1. The van der Waals surface area contributed by atoms with Gasteiger partial charge in [0.05, 0.1) is 19.3 Å². The molecule has 2 heterocycles. The zero-order chi connectivity index (χ0) is 21.0. The Morgan fingerprint density at radius 2 is 1.93 bits per heavy atom. The molecule has 0 bridgehead atoms. The van der Waals surface area contributed by atoms with Crippen LogP contribution in [0.1, 0.15) is 51.9 Å². The second-order valence-electron chi connectivity index (χ2n) is 7.88. The molecule has 0 N–H and O–H groups in total. The van der Waals surface area contributed by atoms with E-state index in [-0.39, 0.29) is 18.4 Å². The molecule has 1 aliphatic rings. The van der Waals surface area contributed by atoms with Crippen LogP contribution in [0.3, 0.4) is 0 Å². The molecule has 160 valence electrons. The van der Waals surface area contributed by atoms with Crippen molar-refractivity contribution in [2.45, 2.75) is 71.4 Å². The number of hydrogen-bond donors (Lipinski definition) is 0. The molecule has 1 fully saturated rings. The highest BCUT2D eigenvalue weighted by Gasteiger charge is 2.26. The summed E-state index contributed by atoms with van der Waals surface area (Å²) in [4.78, 5) is 2.44. The van der Waals surface area contributed by atoms with Crippen molar-refractivity contribution in [3.05, 3.63) is 40.7 Å². The summed E-state index contributed by atoms with van der Waals surface area (Å²) >= 11 is 5.76. The molecule has 6 nitrogen and oxygen atoms in total. The van der Waals surface area contributed by atoms with Crippen molar-refractivity contribution in [1.82, 2.24) is 19.2 Å². The van der Waals surface area contributed by atoms with Gasteiger partial charge in [0.1, 0.15) is 6.61 Å². The molecular weight excluding hydrogens is 391 g/mol. The van der Waals surface area contributed by atoms with Crippen LogP contribution in [0.5, 0.6) is 5.75 Å². The van der Waals surface area contributed by atoms with Crippen LogP contribution in [0, 0.1) is 10.6 Å². The van der Waals surface area contributed by atoms with Crippen molar-refractivity contribution >= 4 is 12.2 Å². The van der Waals surface area contributed by atoms with Gasteiger partial charge in [-0.3, -0.25) is 9.47 Å². The lowest BCUT2D eigenvalue weighted by Crippen LogP contribution is -2.44. The van der Waals surface area contributed by atoms with E-state index in [0.717, 1.165) is 0 Å². The molecule has 0 aliphatic carbocycles. The molecule has 3 atom stereocenters. The molecular formula is C21H31FN4O2S. The lowest BCUT2D eigenvalue weighted by atomic mass is 9.98. The third kappa shape index (κ3) is 5.05. The van der Waals surface area contributed by atoms with E-state index in [1.54, 1.807) is 25.3 Å². The van der Waals surface area contributed by atoms with Crippen LogP contribution in [-0.2, 0) is 18.0 Å². The monoisotopic (exact) mass is 422 g/mol. The number of aromatic nitrogens is 3. The van der Waals surface area contributed by atoms with Gasteiger partial charge in [0.2, 0.25) is 0 Å². The van der Waals surface area contributed by atoms with Crippen LogP contribution >= 0.6 is 12.2 Å². The molecule has 2 aromatic rings. The Hall–Kier alpha value is -1.77. The first-order chi connectivity index (χ1) is 13.9. The number of benzene rings is 1. The summed E-state index contributed by atoms with van der Waals surface area (Å²) in [6.07, 6.45) is 3.62. The fourth-order valence-electron chi connectivity index (χ4n) is 4.03. The van der Waals surface area contributed by atoms with Gasteiger partial charge in [0.15, 0.2) is 22.2 Å². The molecule has 1 aliphatic heterocycles. The topological polar surface area (TPSA) is 44.5 Å². The van der Waals surface area contributed by atoms with E-state index in [4.69, 9.17) is 26.8 Å². The summed E-state index contributed by atoms with van der Waals surface area (Å²) in [6.45, 7) is 7.82. The van der Waals surface area contributed by atoms with Gasteiger partial charge in [-0.2, -0.15) is 5.10 Å². The highest BCUT2D eigenvalue weighted by atomic mass is 32.1. The van der Waals surface area contributed by atoms with Crippen LogP contribution in [0.4, 0.5) is 4.39 Å². The average Bonchev–Trinajstić information content (AvgIpc) is 3.00. The molecule has 0 amide bonds. The van der Waals surface area contributed by atoms with Crippen LogP contribution in [-0.4, -0.2) is 45.0 Å². The smallest absolute Gasteiger partial charge is 0.199 e. The maximum atomic E-state index is 13.9. The van der Waals surface area contributed by atoms with E-state index in [9.17, 15) is 4.39 Å². The minimum atomic E-state index is -0.391. The Bertz CT molecular complexity index is 859. The van der Waals surface area contributed by atoms with E-state index in [1.807, 2.05) is 16.2 Å². The van der Waals surface area contributed by atoms with Crippen molar-refractivity contribution < 1.29 is 13.9 Å². The Morgan fingerprint density at radius 3 is 2.59 bits per heavy atom. The van der Waals surface area contributed by atoms with Crippen molar-refractivity contribution in [3.63, 3.8) is 0 Å².